The topological polar surface area (TPSA) is 47.3 Å². The van der Waals surface area contributed by atoms with Crippen LogP contribution >= 0.6 is 0 Å². The summed E-state index contributed by atoms with van der Waals surface area (Å²) in [5.74, 6) is 0.461. The summed E-state index contributed by atoms with van der Waals surface area (Å²) >= 11 is 0. The summed E-state index contributed by atoms with van der Waals surface area (Å²) in [5, 5.41) is 18.5. The van der Waals surface area contributed by atoms with Crippen LogP contribution in [0.5, 0.6) is 0 Å². The van der Waals surface area contributed by atoms with Gasteiger partial charge < -0.3 is 5.11 Å². The van der Waals surface area contributed by atoms with Gasteiger partial charge in [-0.3, -0.25) is 4.90 Å². The van der Waals surface area contributed by atoms with Crippen LogP contribution in [0.15, 0.2) is 30.3 Å². The second-order valence-electron chi connectivity index (χ2n) is 5.04. The number of rotatable bonds is 4. The van der Waals surface area contributed by atoms with Crippen LogP contribution in [0.1, 0.15) is 24.8 Å². The highest BCUT2D eigenvalue weighted by Gasteiger charge is 2.41. The van der Waals surface area contributed by atoms with Crippen LogP contribution in [0.4, 0.5) is 0 Å². The lowest BCUT2D eigenvalue weighted by Crippen LogP contribution is -2.62. The Labute approximate surface area is 102 Å². The standard InChI is InChI=1S/C14H18N2O/c1-12(13-5-3-2-4-6-13)9-16-10-14(17,11-16)7-8-15/h2-6,12,17H,7,9-11H2,1H3. The summed E-state index contributed by atoms with van der Waals surface area (Å²) in [7, 11) is 0. The van der Waals surface area contributed by atoms with E-state index in [1.165, 1.54) is 5.56 Å². The first-order valence-electron chi connectivity index (χ1n) is 6.00. The van der Waals surface area contributed by atoms with Crippen LogP contribution in [0.2, 0.25) is 0 Å². The molecule has 0 bridgehead atoms. The van der Waals surface area contributed by atoms with E-state index in [2.05, 4.69) is 24.0 Å². The molecule has 1 fully saturated rings. The molecule has 1 aliphatic rings. The van der Waals surface area contributed by atoms with Gasteiger partial charge in [0.25, 0.3) is 0 Å². The average Bonchev–Trinajstić information content (AvgIpc) is 2.28. The maximum Gasteiger partial charge on any atom is 0.103 e. The van der Waals surface area contributed by atoms with Crippen LogP contribution in [0, 0.1) is 11.3 Å². The molecule has 90 valence electrons. The fraction of sp³-hybridized carbons (Fsp3) is 0.500. The minimum Gasteiger partial charge on any atom is -0.386 e. The van der Waals surface area contributed by atoms with E-state index in [0.29, 0.717) is 19.0 Å². The molecule has 2 rings (SSSR count). The summed E-state index contributed by atoms with van der Waals surface area (Å²) in [6.07, 6.45) is 0.239. The molecule has 1 heterocycles. The zero-order valence-corrected chi connectivity index (χ0v) is 10.1. The van der Waals surface area contributed by atoms with Crippen molar-refractivity contribution in [3.63, 3.8) is 0 Å². The Morgan fingerprint density at radius 3 is 2.65 bits per heavy atom. The number of nitrogens with zero attached hydrogens (tertiary/aromatic N) is 2. The van der Waals surface area contributed by atoms with Crippen LogP contribution in [-0.4, -0.2) is 35.2 Å². The Hall–Kier alpha value is -1.37. The normalized spacial score (nSPS) is 20.3. The minimum atomic E-state index is -0.759. The van der Waals surface area contributed by atoms with Crippen LogP contribution in [0.25, 0.3) is 0 Å². The van der Waals surface area contributed by atoms with Crippen molar-refractivity contribution < 1.29 is 5.11 Å². The van der Waals surface area contributed by atoms with Gasteiger partial charge in [-0.25, -0.2) is 0 Å². The quantitative estimate of drug-likeness (QED) is 0.857. The molecule has 0 aliphatic carbocycles. The Balaban J connectivity index is 1.83. The third kappa shape index (κ3) is 2.85. The lowest BCUT2D eigenvalue weighted by molar-refractivity contribution is -0.0949. The number of likely N-dealkylation sites (tertiary alicyclic amines) is 1. The molecular weight excluding hydrogens is 212 g/mol. The fourth-order valence-electron chi connectivity index (χ4n) is 2.45. The second-order valence-corrected chi connectivity index (χ2v) is 5.04. The summed E-state index contributed by atoms with van der Waals surface area (Å²) in [6, 6.07) is 12.4. The molecule has 1 aliphatic heterocycles. The number of β-amino-alcohol motifs (C(OH)–C–C–N with tert-alkyl or cyclic N) is 1. The molecule has 1 N–H and O–H groups in total. The SMILES string of the molecule is CC(CN1CC(O)(CC#N)C1)c1ccccc1. The second kappa shape index (κ2) is 4.87. The highest BCUT2D eigenvalue weighted by Crippen LogP contribution is 2.27. The molecule has 3 heteroatoms. The van der Waals surface area contributed by atoms with Crippen molar-refractivity contribution in [1.82, 2.24) is 4.90 Å². The monoisotopic (exact) mass is 230 g/mol. The zero-order valence-electron chi connectivity index (χ0n) is 10.1. The first-order chi connectivity index (χ1) is 8.13. The van der Waals surface area contributed by atoms with Gasteiger partial charge in [0.1, 0.15) is 5.60 Å². The van der Waals surface area contributed by atoms with Crippen LogP contribution < -0.4 is 0 Å². The maximum absolute atomic E-state index is 9.90. The highest BCUT2D eigenvalue weighted by atomic mass is 16.3. The van der Waals surface area contributed by atoms with E-state index in [1.54, 1.807) is 0 Å². The number of nitriles is 1. The van der Waals surface area contributed by atoms with Crippen molar-refractivity contribution in [2.75, 3.05) is 19.6 Å². The molecule has 0 aromatic heterocycles. The molecule has 0 saturated carbocycles. The Kier molecular flexibility index (Phi) is 3.46. The molecule has 17 heavy (non-hydrogen) atoms. The molecule has 1 unspecified atom stereocenters. The van der Waals surface area contributed by atoms with Crippen molar-refractivity contribution >= 4 is 0 Å². The summed E-state index contributed by atoms with van der Waals surface area (Å²) in [5.41, 5.74) is 0.564. The van der Waals surface area contributed by atoms with E-state index in [-0.39, 0.29) is 6.42 Å². The number of hydrogen-bond donors (Lipinski definition) is 1. The van der Waals surface area contributed by atoms with Crippen molar-refractivity contribution in [1.29, 1.82) is 5.26 Å². The first kappa shape index (κ1) is 12.1. The van der Waals surface area contributed by atoms with Crippen LogP contribution in [0.3, 0.4) is 0 Å². The Morgan fingerprint density at radius 1 is 1.41 bits per heavy atom. The molecule has 1 aromatic rings. The molecule has 0 amide bonds. The van der Waals surface area contributed by atoms with Crippen molar-refractivity contribution in [2.24, 2.45) is 0 Å². The van der Waals surface area contributed by atoms with Crippen molar-refractivity contribution in [2.45, 2.75) is 24.9 Å². The van der Waals surface area contributed by atoms with Crippen molar-refractivity contribution in [3.05, 3.63) is 35.9 Å². The van der Waals surface area contributed by atoms with Gasteiger partial charge in [0.2, 0.25) is 0 Å². The summed E-state index contributed by atoms with van der Waals surface area (Å²) in [4.78, 5) is 2.20. The lowest BCUT2D eigenvalue weighted by Gasteiger charge is -2.46. The number of benzene rings is 1. The molecular formula is C14H18N2O. The lowest BCUT2D eigenvalue weighted by atomic mass is 9.89. The third-order valence-corrected chi connectivity index (χ3v) is 3.34. The molecule has 1 atom stereocenters. The van der Waals surface area contributed by atoms with Crippen LogP contribution in [-0.2, 0) is 0 Å². The van der Waals surface area contributed by atoms with Gasteiger partial charge in [-0.2, -0.15) is 5.26 Å². The first-order valence-corrected chi connectivity index (χ1v) is 6.00. The van der Waals surface area contributed by atoms with Gasteiger partial charge in [0.05, 0.1) is 12.5 Å². The van der Waals surface area contributed by atoms with E-state index >= 15 is 0 Å². The third-order valence-electron chi connectivity index (χ3n) is 3.34. The average molecular weight is 230 g/mol. The van der Waals surface area contributed by atoms with Crippen molar-refractivity contribution in [3.8, 4) is 6.07 Å². The largest absolute Gasteiger partial charge is 0.386 e. The predicted octanol–water partition coefficient (Wildman–Crippen LogP) is 1.75. The number of hydrogen-bond acceptors (Lipinski definition) is 3. The highest BCUT2D eigenvalue weighted by molar-refractivity contribution is 5.19. The van der Waals surface area contributed by atoms with E-state index in [0.717, 1.165) is 6.54 Å². The maximum atomic E-state index is 9.90. The minimum absolute atomic E-state index is 0.239. The van der Waals surface area contributed by atoms with Gasteiger partial charge in [0, 0.05) is 19.6 Å². The smallest absolute Gasteiger partial charge is 0.103 e. The summed E-state index contributed by atoms with van der Waals surface area (Å²) in [6.45, 7) is 4.38. The Morgan fingerprint density at radius 2 is 2.06 bits per heavy atom. The van der Waals surface area contributed by atoms with E-state index in [1.807, 2.05) is 24.3 Å². The number of aliphatic hydroxyl groups is 1. The molecule has 0 radical (unpaired) electrons. The molecule has 3 nitrogen and oxygen atoms in total. The molecule has 0 spiro atoms. The predicted molar refractivity (Wildman–Crippen MR) is 66.5 cm³/mol. The van der Waals surface area contributed by atoms with E-state index in [4.69, 9.17) is 5.26 Å². The molecule has 1 saturated heterocycles. The zero-order chi connectivity index (χ0) is 12.3. The van der Waals surface area contributed by atoms with Gasteiger partial charge in [0.15, 0.2) is 0 Å². The van der Waals surface area contributed by atoms with E-state index in [9.17, 15) is 5.11 Å². The molecule has 1 aromatic carbocycles. The Bertz CT molecular complexity index is 404. The van der Waals surface area contributed by atoms with Gasteiger partial charge in [-0.15, -0.1) is 0 Å². The van der Waals surface area contributed by atoms with Gasteiger partial charge >= 0.3 is 0 Å². The van der Waals surface area contributed by atoms with Gasteiger partial charge in [-0.1, -0.05) is 37.3 Å². The van der Waals surface area contributed by atoms with E-state index < -0.39 is 5.60 Å². The summed E-state index contributed by atoms with van der Waals surface area (Å²) < 4.78 is 0. The fourth-order valence-corrected chi connectivity index (χ4v) is 2.45. The van der Waals surface area contributed by atoms with Gasteiger partial charge in [-0.05, 0) is 11.5 Å².